The molecule has 1 unspecified atom stereocenters. The van der Waals surface area contributed by atoms with Crippen LogP contribution in [0, 0.1) is 39.9 Å². The zero-order chi connectivity index (χ0) is 33.1. The molecule has 1 amide bonds. The molecule has 249 valence electrons. The van der Waals surface area contributed by atoms with Crippen LogP contribution in [0.3, 0.4) is 0 Å². The Morgan fingerprint density at radius 1 is 0.652 bits per heavy atom. The molecule has 0 aromatic heterocycles. The second kappa shape index (κ2) is 28.7. The molecule has 0 rings (SSSR count). The van der Waals surface area contributed by atoms with Gasteiger partial charge in [0.2, 0.25) is 5.91 Å². The molecule has 0 aliphatic carbocycles. The molecule has 20 nitrogen and oxygen atoms in total. The molecular weight excluding hydrogens is 786 g/mol. The summed E-state index contributed by atoms with van der Waals surface area (Å²) in [6.07, 6.45) is -1.06. The average Bonchev–Trinajstić information content (AvgIpc) is 2.84. The third kappa shape index (κ3) is 26.8. The van der Waals surface area contributed by atoms with Crippen LogP contribution in [0.4, 0.5) is 0 Å². The number of carbonyl (C=O) groups is 7. The van der Waals surface area contributed by atoms with Crippen LogP contribution in [0.2, 0.25) is 0 Å². The first-order chi connectivity index (χ1) is 20.0. The maximum absolute atomic E-state index is 12.5. The number of aliphatic carboxylic acids is 6. The number of hydrogen-bond acceptors (Lipinski definition) is 17. The molecule has 0 fully saturated rings. The largest absolute Gasteiger partial charge is 3.00 e. The van der Waals surface area contributed by atoms with Gasteiger partial charge in [-0.05, 0) is 19.3 Å². The normalized spacial score (nSPS) is 11.6. The van der Waals surface area contributed by atoms with E-state index in [-0.39, 0.29) is 124 Å². The topological polar surface area (TPSA) is 344 Å². The molecular formula is C23H33GdN7Na2O13-. The molecule has 0 bridgehead atoms. The predicted octanol–water partition coefficient (Wildman–Crippen LogP) is -17.9. The van der Waals surface area contributed by atoms with Crippen molar-refractivity contribution in [3.05, 3.63) is 0 Å². The van der Waals surface area contributed by atoms with E-state index in [0.717, 1.165) is 14.7 Å². The molecule has 23 heteroatoms. The van der Waals surface area contributed by atoms with Gasteiger partial charge in [-0.1, -0.05) is 0 Å². The van der Waals surface area contributed by atoms with Gasteiger partial charge >= 0.3 is 99.1 Å². The van der Waals surface area contributed by atoms with Gasteiger partial charge in [0.25, 0.3) is 0 Å². The molecule has 46 heavy (non-hydrogen) atoms. The molecule has 0 saturated heterocycles. The van der Waals surface area contributed by atoms with Crippen LogP contribution in [0.25, 0.3) is 0 Å². The molecule has 0 aromatic carbocycles. The Bertz CT molecular complexity index is 966. The summed E-state index contributed by atoms with van der Waals surface area (Å²) in [5, 5.41) is 69.6. The van der Waals surface area contributed by atoms with Crippen molar-refractivity contribution >= 4 is 47.7 Å². The number of nitrogens with two attached hydrogens (primary N) is 2. The smallest absolute Gasteiger partial charge is 0.549 e. The Hall–Kier alpha value is -1.24. The summed E-state index contributed by atoms with van der Waals surface area (Å²) >= 11 is 0. The number of nitrogens with zero attached hydrogens (tertiary/aromatic N) is 4. The quantitative estimate of drug-likeness (QED) is 0.0333. The van der Waals surface area contributed by atoms with E-state index in [2.05, 4.69) is 10.3 Å². The van der Waals surface area contributed by atoms with Crippen LogP contribution in [0.15, 0.2) is 4.99 Å². The summed E-state index contributed by atoms with van der Waals surface area (Å²) in [6, 6.07) is -3.11. The third-order valence-electron chi connectivity index (χ3n) is 5.74. The summed E-state index contributed by atoms with van der Waals surface area (Å²) in [6.45, 7) is -5.04. The van der Waals surface area contributed by atoms with Crippen molar-refractivity contribution in [2.45, 2.75) is 37.8 Å². The van der Waals surface area contributed by atoms with Crippen LogP contribution < -0.4 is 107 Å². The summed E-state index contributed by atoms with van der Waals surface area (Å²) in [5.74, 6) is -11.1. The van der Waals surface area contributed by atoms with Crippen LogP contribution >= 0.6 is 0 Å². The number of hydrogen-bond donors (Lipinski definition) is 3. The van der Waals surface area contributed by atoms with E-state index in [0.29, 0.717) is 0 Å². The van der Waals surface area contributed by atoms with Gasteiger partial charge in [0.05, 0.1) is 41.9 Å². The van der Waals surface area contributed by atoms with Gasteiger partial charge in [-0.25, -0.2) is 0 Å². The number of rotatable bonds is 25. The summed E-state index contributed by atoms with van der Waals surface area (Å²) in [4.78, 5) is 86.3. The second-order valence-corrected chi connectivity index (χ2v) is 9.21. The number of carboxylic acids is 6. The van der Waals surface area contributed by atoms with E-state index in [1.807, 2.05) is 0 Å². The monoisotopic (exact) mass is 819 g/mol. The maximum atomic E-state index is 12.5. The Labute approximate surface area is 340 Å². The number of carbonyl (C=O) groups excluding carboxylic acids is 7. The van der Waals surface area contributed by atoms with E-state index >= 15 is 0 Å². The van der Waals surface area contributed by atoms with Gasteiger partial charge in [-0.2, -0.15) is 0 Å². The number of aliphatic imine (C=N–C) groups is 1. The molecule has 2 atom stereocenters. The fraction of sp³-hybridized carbons (Fsp3) is 0.652. The van der Waals surface area contributed by atoms with Crippen LogP contribution in [-0.2, 0) is 33.6 Å². The maximum Gasteiger partial charge on any atom is 3.00 e. The minimum atomic E-state index is -1.75. The Balaban J connectivity index is -0.00000294. The van der Waals surface area contributed by atoms with Crippen LogP contribution in [0.5, 0.6) is 0 Å². The Kier molecular flexibility index (Phi) is 32.2. The zero-order valence-electron chi connectivity index (χ0n) is 25.5. The number of nitrogens with one attached hydrogen (secondary N) is 1. The predicted molar refractivity (Wildman–Crippen MR) is 129 cm³/mol. The Morgan fingerprint density at radius 2 is 1.07 bits per heavy atom. The average molecular weight is 819 g/mol. The zero-order valence-corrected chi connectivity index (χ0v) is 31.7. The van der Waals surface area contributed by atoms with Gasteiger partial charge in [0.1, 0.15) is 0 Å². The minimum Gasteiger partial charge on any atom is -0.549 e. The number of carboxylic acid groups (broad SMARTS) is 6. The van der Waals surface area contributed by atoms with Crippen molar-refractivity contribution < 1.29 is 163 Å². The molecule has 0 spiro atoms. The molecule has 0 heterocycles. The summed E-state index contributed by atoms with van der Waals surface area (Å²) in [7, 11) is 0. The number of amides is 1. The summed E-state index contributed by atoms with van der Waals surface area (Å²) in [5.41, 5.74) is 10.4. The standard InChI is InChI=1S/C23H39N7O13.Gd.2Na/c24-23(25)26-5-1-2-14(21(40)41)27-16(31)4-3-15(22(42)43)30(8-6-28(10-17(32)33)11-18(34)35)9-7-29(12-19(36)37)13-20(38)39;;;/h14-15H,1-13H2,(H,27,31)(H,32,33)(H,34,35)(H,36,37)(H,38,39)(H,40,41)(H,42,43)(H4,24,25,26);;;/q;+3;2*+1/p-6/t14-,15?;;;/m0.../s1. The van der Waals surface area contributed by atoms with Gasteiger partial charge in [0.15, 0.2) is 5.96 Å². The molecule has 1 radical (unpaired) electrons. The molecule has 0 aromatic rings. The first-order valence-electron chi connectivity index (χ1n) is 12.8. The van der Waals surface area contributed by atoms with E-state index in [1.54, 1.807) is 0 Å². The van der Waals surface area contributed by atoms with Crippen molar-refractivity contribution in [2.24, 2.45) is 16.5 Å². The van der Waals surface area contributed by atoms with Gasteiger partial charge in [-0.3, -0.25) is 24.5 Å². The van der Waals surface area contributed by atoms with Crippen LogP contribution in [0.1, 0.15) is 25.7 Å². The van der Waals surface area contributed by atoms with E-state index in [1.165, 1.54) is 0 Å². The Morgan fingerprint density at radius 3 is 1.39 bits per heavy atom. The molecule has 0 saturated carbocycles. The third-order valence-corrected chi connectivity index (χ3v) is 5.74. The van der Waals surface area contributed by atoms with Crippen LogP contribution in [-0.4, -0.2) is 133 Å². The second-order valence-electron chi connectivity index (χ2n) is 9.21. The van der Waals surface area contributed by atoms with Crippen molar-refractivity contribution in [1.29, 1.82) is 0 Å². The molecule has 5 N–H and O–H groups in total. The number of guanidine groups is 1. The van der Waals surface area contributed by atoms with Gasteiger partial charge in [-0.15, -0.1) is 0 Å². The minimum absolute atomic E-state index is 0. The fourth-order valence-electron chi connectivity index (χ4n) is 3.86. The van der Waals surface area contributed by atoms with Crippen molar-refractivity contribution in [3.63, 3.8) is 0 Å². The first kappa shape index (κ1) is 51.6. The first-order valence-corrected chi connectivity index (χ1v) is 12.8. The molecule has 0 aliphatic rings. The van der Waals surface area contributed by atoms with Gasteiger partial charge < -0.3 is 76.2 Å². The van der Waals surface area contributed by atoms with E-state index in [9.17, 15) is 64.2 Å². The van der Waals surface area contributed by atoms with Crippen molar-refractivity contribution in [3.8, 4) is 0 Å². The van der Waals surface area contributed by atoms with Gasteiger partial charge in [0, 0.05) is 71.4 Å². The van der Waals surface area contributed by atoms with E-state index < -0.39 is 119 Å². The van der Waals surface area contributed by atoms with E-state index in [4.69, 9.17) is 11.5 Å². The van der Waals surface area contributed by atoms with Crippen molar-refractivity contribution in [2.75, 3.05) is 58.9 Å². The molecule has 0 aliphatic heterocycles. The fourth-order valence-corrected chi connectivity index (χ4v) is 3.86. The SMILES string of the molecule is NC(N)=NCCC[C@H](NC(=O)CCC(C(=O)[O-])N(CCN(CC(=O)[O-])CC(=O)[O-])CCN(CC(=O)[O-])CC(=O)[O-])C(=O)[O-].[Gd+3].[Na+].[Na+]. The van der Waals surface area contributed by atoms with Crippen molar-refractivity contribution in [1.82, 2.24) is 20.0 Å². The summed E-state index contributed by atoms with van der Waals surface area (Å²) < 4.78 is 0.